The number of thioether (sulfide) groups is 1. The lowest BCUT2D eigenvalue weighted by Crippen LogP contribution is -1.88. The Morgan fingerprint density at radius 1 is 1.08 bits per heavy atom. The van der Waals surface area contributed by atoms with Crippen LogP contribution in [-0.2, 0) is 12.2 Å². The number of aryl methyl sites for hydroxylation is 2. The van der Waals surface area contributed by atoms with Gasteiger partial charge in [-0.15, -0.1) is 32.9 Å². The van der Waals surface area contributed by atoms with Crippen LogP contribution >= 0.6 is 34.4 Å². The van der Waals surface area contributed by atoms with E-state index in [-0.39, 0.29) is 0 Å². The maximum absolute atomic E-state index is 5.77. The van der Waals surface area contributed by atoms with Crippen LogP contribution in [0.1, 0.15) is 27.0 Å². The van der Waals surface area contributed by atoms with Gasteiger partial charge in [-0.2, -0.15) is 0 Å². The Kier molecular flexibility index (Phi) is 5.14. The third-order valence-electron chi connectivity index (χ3n) is 3.65. The Bertz CT molecular complexity index is 1010. The first-order valence-corrected chi connectivity index (χ1v) is 10.7. The van der Waals surface area contributed by atoms with Gasteiger partial charge in [-0.1, -0.05) is 42.1 Å². The van der Waals surface area contributed by atoms with Gasteiger partial charge in [0.15, 0.2) is 0 Å². The van der Waals surface area contributed by atoms with Crippen LogP contribution in [0.3, 0.4) is 0 Å². The SMILES string of the molecule is Cc1nc(C)c(-c2nnc(SCc3csc(Cc4ccccc4)n3)o2)s1. The van der Waals surface area contributed by atoms with Gasteiger partial charge in [0, 0.05) is 17.6 Å². The maximum atomic E-state index is 5.77. The van der Waals surface area contributed by atoms with Crippen molar-refractivity contribution in [1.29, 1.82) is 0 Å². The molecule has 0 aliphatic rings. The van der Waals surface area contributed by atoms with Crippen molar-refractivity contribution >= 4 is 34.4 Å². The van der Waals surface area contributed by atoms with Gasteiger partial charge in [0.25, 0.3) is 11.1 Å². The average molecular weight is 401 g/mol. The van der Waals surface area contributed by atoms with Crippen molar-refractivity contribution in [2.45, 2.75) is 31.2 Å². The second-order valence-electron chi connectivity index (χ2n) is 5.70. The van der Waals surface area contributed by atoms with E-state index in [9.17, 15) is 0 Å². The topological polar surface area (TPSA) is 64.7 Å². The molecule has 0 aliphatic heterocycles. The molecule has 0 aliphatic carbocycles. The van der Waals surface area contributed by atoms with Gasteiger partial charge in [-0.25, -0.2) is 9.97 Å². The first-order chi connectivity index (χ1) is 12.7. The molecule has 0 N–H and O–H groups in total. The molecule has 0 fully saturated rings. The summed E-state index contributed by atoms with van der Waals surface area (Å²) in [5.41, 5.74) is 3.24. The first kappa shape index (κ1) is 17.4. The van der Waals surface area contributed by atoms with Crippen molar-refractivity contribution in [3.63, 3.8) is 0 Å². The van der Waals surface area contributed by atoms with Crippen molar-refractivity contribution in [1.82, 2.24) is 20.2 Å². The smallest absolute Gasteiger partial charge is 0.277 e. The van der Waals surface area contributed by atoms with E-state index in [2.05, 4.69) is 44.8 Å². The first-order valence-electron chi connectivity index (χ1n) is 8.05. The summed E-state index contributed by atoms with van der Waals surface area (Å²) >= 11 is 4.77. The molecule has 0 amide bonds. The highest BCUT2D eigenvalue weighted by Crippen LogP contribution is 2.31. The number of rotatable bonds is 6. The summed E-state index contributed by atoms with van der Waals surface area (Å²) in [7, 11) is 0. The zero-order chi connectivity index (χ0) is 17.9. The van der Waals surface area contributed by atoms with Gasteiger partial charge in [0.2, 0.25) is 0 Å². The molecule has 1 aromatic carbocycles. The van der Waals surface area contributed by atoms with Gasteiger partial charge < -0.3 is 4.42 Å². The molecule has 4 aromatic rings. The number of benzene rings is 1. The lowest BCUT2D eigenvalue weighted by molar-refractivity contribution is 0.466. The predicted molar refractivity (Wildman–Crippen MR) is 106 cm³/mol. The van der Waals surface area contributed by atoms with Gasteiger partial charge in [-0.05, 0) is 19.4 Å². The highest BCUT2D eigenvalue weighted by molar-refractivity contribution is 7.98. The van der Waals surface area contributed by atoms with E-state index in [0.29, 0.717) is 16.9 Å². The molecule has 3 heterocycles. The number of nitrogens with zero attached hydrogens (tertiary/aromatic N) is 4. The van der Waals surface area contributed by atoms with Gasteiger partial charge in [0.1, 0.15) is 4.88 Å². The highest BCUT2D eigenvalue weighted by atomic mass is 32.2. The molecule has 0 spiro atoms. The normalized spacial score (nSPS) is 11.2. The third-order valence-corrected chi connectivity index (χ3v) is 6.46. The average Bonchev–Trinajstić information content (AvgIpc) is 3.34. The van der Waals surface area contributed by atoms with Crippen molar-refractivity contribution < 1.29 is 4.42 Å². The van der Waals surface area contributed by atoms with E-state index in [1.54, 1.807) is 22.7 Å². The quantitative estimate of drug-likeness (QED) is 0.417. The largest absolute Gasteiger partial charge is 0.410 e. The van der Waals surface area contributed by atoms with Crippen LogP contribution in [-0.4, -0.2) is 20.2 Å². The standard InChI is InChI=1S/C18H16N4OS3/c1-11-16(26-12(2)19-11)17-21-22-18(23-17)25-10-14-9-24-15(20-14)8-13-6-4-3-5-7-13/h3-7,9H,8,10H2,1-2H3. The van der Waals surface area contributed by atoms with E-state index in [1.807, 2.05) is 19.9 Å². The molecule has 0 unspecified atom stereocenters. The van der Waals surface area contributed by atoms with Gasteiger partial charge in [0.05, 0.1) is 21.4 Å². The Morgan fingerprint density at radius 3 is 2.69 bits per heavy atom. The van der Waals surface area contributed by atoms with Crippen molar-refractivity contribution in [3.05, 3.63) is 62.7 Å². The minimum Gasteiger partial charge on any atom is -0.410 e. The minimum absolute atomic E-state index is 0.540. The predicted octanol–water partition coefficient (Wildman–Crippen LogP) is 5.15. The molecule has 0 saturated heterocycles. The summed E-state index contributed by atoms with van der Waals surface area (Å²) in [6.07, 6.45) is 0.866. The molecule has 8 heteroatoms. The van der Waals surface area contributed by atoms with Crippen LogP contribution in [0.5, 0.6) is 0 Å². The Morgan fingerprint density at radius 2 is 1.92 bits per heavy atom. The molecule has 0 bridgehead atoms. The van der Waals surface area contributed by atoms with Crippen molar-refractivity contribution in [3.8, 4) is 10.8 Å². The fraction of sp³-hybridized carbons (Fsp3) is 0.222. The van der Waals surface area contributed by atoms with E-state index in [4.69, 9.17) is 9.40 Å². The van der Waals surface area contributed by atoms with Gasteiger partial charge >= 0.3 is 0 Å². The molecule has 5 nitrogen and oxygen atoms in total. The zero-order valence-corrected chi connectivity index (χ0v) is 16.7. The fourth-order valence-corrected chi connectivity index (χ4v) is 4.92. The third kappa shape index (κ3) is 4.03. The van der Waals surface area contributed by atoms with Crippen LogP contribution in [0.2, 0.25) is 0 Å². The summed E-state index contributed by atoms with van der Waals surface area (Å²) in [5.74, 6) is 1.26. The Balaban J connectivity index is 1.38. The van der Waals surface area contributed by atoms with E-state index in [1.165, 1.54) is 17.3 Å². The monoisotopic (exact) mass is 400 g/mol. The lowest BCUT2D eigenvalue weighted by atomic mass is 10.2. The van der Waals surface area contributed by atoms with E-state index in [0.717, 1.165) is 32.7 Å². The minimum atomic E-state index is 0.540. The van der Waals surface area contributed by atoms with Crippen LogP contribution in [0.4, 0.5) is 0 Å². The lowest BCUT2D eigenvalue weighted by Gasteiger charge is -1.96. The second-order valence-corrected chi connectivity index (χ2v) is 8.78. The van der Waals surface area contributed by atoms with Crippen molar-refractivity contribution in [2.75, 3.05) is 0 Å². The van der Waals surface area contributed by atoms with Crippen molar-refractivity contribution in [2.24, 2.45) is 0 Å². The maximum Gasteiger partial charge on any atom is 0.277 e. The van der Waals surface area contributed by atoms with Crippen LogP contribution in [0, 0.1) is 13.8 Å². The number of aromatic nitrogens is 4. The molecule has 26 heavy (non-hydrogen) atoms. The summed E-state index contributed by atoms with van der Waals surface area (Å²) < 4.78 is 5.77. The molecule has 4 rings (SSSR count). The van der Waals surface area contributed by atoms with E-state index < -0.39 is 0 Å². The zero-order valence-electron chi connectivity index (χ0n) is 14.3. The highest BCUT2D eigenvalue weighted by Gasteiger charge is 2.15. The molecule has 0 atom stereocenters. The molecule has 0 radical (unpaired) electrons. The summed E-state index contributed by atoms with van der Waals surface area (Å²) in [5, 5.41) is 13.1. The van der Waals surface area contributed by atoms with Crippen LogP contribution in [0.25, 0.3) is 10.8 Å². The molecule has 132 valence electrons. The Labute approximate surface area is 163 Å². The van der Waals surface area contributed by atoms with Crippen LogP contribution < -0.4 is 0 Å². The molecule has 0 saturated carbocycles. The van der Waals surface area contributed by atoms with Gasteiger partial charge in [-0.3, -0.25) is 0 Å². The van der Waals surface area contributed by atoms with Crippen LogP contribution in [0.15, 0.2) is 45.4 Å². The second kappa shape index (κ2) is 7.69. The number of hydrogen-bond acceptors (Lipinski definition) is 8. The Hall–Kier alpha value is -2.03. The fourth-order valence-electron chi connectivity index (χ4n) is 2.49. The molecular formula is C18H16N4OS3. The number of thiazole rings is 2. The van der Waals surface area contributed by atoms with E-state index >= 15 is 0 Å². The summed E-state index contributed by atoms with van der Waals surface area (Å²) in [6.45, 7) is 3.93. The summed E-state index contributed by atoms with van der Waals surface area (Å²) in [4.78, 5) is 10.1. The number of hydrogen-bond donors (Lipinski definition) is 0. The molecule has 3 aromatic heterocycles. The molecular weight excluding hydrogens is 384 g/mol. The summed E-state index contributed by atoms with van der Waals surface area (Å²) in [6, 6.07) is 10.4.